The van der Waals surface area contributed by atoms with Gasteiger partial charge >= 0.3 is 0 Å². The summed E-state index contributed by atoms with van der Waals surface area (Å²) in [7, 11) is 0. The minimum atomic E-state index is -0.661. The van der Waals surface area contributed by atoms with Crippen LogP contribution in [0.2, 0.25) is 0 Å². The Labute approximate surface area is 124 Å². The molecule has 1 aromatic rings. The number of hydrogen-bond acceptors (Lipinski definition) is 3. The van der Waals surface area contributed by atoms with Gasteiger partial charge in [-0.1, -0.05) is 6.92 Å². The van der Waals surface area contributed by atoms with Crippen molar-refractivity contribution in [2.24, 2.45) is 0 Å². The van der Waals surface area contributed by atoms with Gasteiger partial charge < -0.3 is 4.74 Å². The van der Waals surface area contributed by atoms with Gasteiger partial charge in [-0.05, 0) is 33.1 Å². The summed E-state index contributed by atoms with van der Waals surface area (Å²) in [6, 6.07) is 5.63. The van der Waals surface area contributed by atoms with Crippen LogP contribution in [0.5, 0.6) is 5.75 Å². The average Bonchev–Trinajstić information content (AvgIpc) is 2.41. The quantitative estimate of drug-likeness (QED) is 0.742. The predicted molar refractivity (Wildman–Crippen MR) is 78.0 cm³/mol. The van der Waals surface area contributed by atoms with Crippen molar-refractivity contribution >= 4 is 0 Å². The Bertz CT molecular complexity index is 479. The van der Waals surface area contributed by atoms with Crippen molar-refractivity contribution in [3.05, 3.63) is 29.8 Å². The topological polar surface area (TPSA) is 45.0 Å². The lowest BCUT2D eigenvalue weighted by molar-refractivity contribution is 0.267. The van der Waals surface area contributed by atoms with E-state index in [0.29, 0.717) is 25.9 Å². The van der Waals surface area contributed by atoms with E-state index in [4.69, 9.17) is 4.74 Å². The standard InChI is InChI=1S/C16H22F2N2O/c1-4-16(11-19,20-12(2)3)6-5-7-21-15-9-13(17)8-14(18)10-15/h8-10,12,20H,4-7H2,1-3H3. The Balaban J connectivity index is 2.50. The van der Waals surface area contributed by atoms with E-state index in [1.165, 1.54) is 0 Å². The van der Waals surface area contributed by atoms with Gasteiger partial charge in [-0.15, -0.1) is 0 Å². The fraction of sp³-hybridized carbons (Fsp3) is 0.562. The van der Waals surface area contributed by atoms with Crippen LogP contribution in [0, 0.1) is 23.0 Å². The van der Waals surface area contributed by atoms with Gasteiger partial charge in [0, 0.05) is 24.2 Å². The average molecular weight is 296 g/mol. The monoisotopic (exact) mass is 296 g/mol. The van der Waals surface area contributed by atoms with E-state index in [1.807, 2.05) is 20.8 Å². The fourth-order valence-corrected chi connectivity index (χ4v) is 2.25. The van der Waals surface area contributed by atoms with Gasteiger partial charge in [0.05, 0.1) is 12.7 Å². The first-order valence-corrected chi connectivity index (χ1v) is 7.18. The summed E-state index contributed by atoms with van der Waals surface area (Å²) in [4.78, 5) is 0. The summed E-state index contributed by atoms with van der Waals surface area (Å²) >= 11 is 0. The van der Waals surface area contributed by atoms with Gasteiger partial charge in [0.15, 0.2) is 0 Å². The molecule has 1 atom stereocenters. The molecule has 0 saturated heterocycles. The highest BCUT2D eigenvalue weighted by Crippen LogP contribution is 2.19. The van der Waals surface area contributed by atoms with E-state index in [1.54, 1.807) is 0 Å². The van der Waals surface area contributed by atoms with Crippen LogP contribution in [0.4, 0.5) is 8.78 Å². The zero-order chi connectivity index (χ0) is 15.9. The Morgan fingerprint density at radius 3 is 2.38 bits per heavy atom. The molecule has 1 N–H and O–H groups in total. The number of hydrogen-bond donors (Lipinski definition) is 1. The van der Waals surface area contributed by atoms with Crippen molar-refractivity contribution in [2.75, 3.05) is 6.61 Å². The largest absolute Gasteiger partial charge is 0.493 e. The minimum Gasteiger partial charge on any atom is -0.493 e. The molecule has 1 unspecified atom stereocenters. The molecule has 21 heavy (non-hydrogen) atoms. The molecule has 0 amide bonds. The maximum absolute atomic E-state index is 13.0. The van der Waals surface area contributed by atoms with E-state index in [0.717, 1.165) is 18.2 Å². The molecule has 5 heteroatoms. The third kappa shape index (κ3) is 5.68. The maximum Gasteiger partial charge on any atom is 0.129 e. The van der Waals surface area contributed by atoms with Crippen molar-refractivity contribution in [3.8, 4) is 11.8 Å². The molecular formula is C16H22F2N2O. The molecule has 3 nitrogen and oxygen atoms in total. The van der Waals surface area contributed by atoms with Crippen molar-refractivity contribution < 1.29 is 13.5 Å². The third-order valence-electron chi connectivity index (χ3n) is 3.24. The second kappa shape index (κ2) is 7.94. The lowest BCUT2D eigenvalue weighted by Gasteiger charge is -2.29. The van der Waals surface area contributed by atoms with Crippen LogP contribution in [0.25, 0.3) is 0 Å². The molecule has 0 bridgehead atoms. The molecule has 0 aromatic heterocycles. The third-order valence-corrected chi connectivity index (χ3v) is 3.24. The molecule has 0 radical (unpaired) electrons. The van der Waals surface area contributed by atoms with Gasteiger partial charge in [-0.3, -0.25) is 5.32 Å². The van der Waals surface area contributed by atoms with Crippen LogP contribution in [0.1, 0.15) is 40.0 Å². The van der Waals surface area contributed by atoms with E-state index in [9.17, 15) is 14.0 Å². The molecule has 1 rings (SSSR count). The van der Waals surface area contributed by atoms with E-state index in [2.05, 4.69) is 11.4 Å². The molecule has 0 heterocycles. The normalized spacial score (nSPS) is 13.8. The Morgan fingerprint density at radius 1 is 1.29 bits per heavy atom. The van der Waals surface area contributed by atoms with Crippen LogP contribution in [-0.2, 0) is 0 Å². The number of nitriles is 1. The lowest BCUT2D eigenvalue weighted by atomic mass is 9.91. The van der Waals surface area contributed by atoms with Crippen LogP contribution < -0.4 is 10.1 Å². The molecule has 0 saturated carbocycles. The van der Waals surface area contributed by atoms with Gasteiger partial charge in [0.2, 0.25) is 0 Å². The Morgan fingerprint density at radius 2 is 1.90 bits per heavy atom. The number of nitrogens with one attached hydrogen (secondary N) is 1. The first-order valence-electron chi connectivity index (χ1n) is 7.18. The van der Waals surface area contributed by atoms with E-state index >= 15 is 0 Å². The molecule has 0 aliphatic carbocycles. The Hall–Kier alpha value is -1.67. The summed E-state index contributed by atoms with van der Waals surface area (Å²) < 4.78 is 31.4. The van der Waals surface area contributed by atoms with Crippen molar-refractivity contribution in [1.82, 2.24) is 5.32 Å². The summed E-state index contributed by atoms with van der Waals surface area (Å²) in [6.07, 6.45) is 1.94. The zero-order valence-corrected chi connectivity index (χ0v) is 12.7. The van der Waals surface area contributed by atoms with Crippen LogP contribution in [0.15, 0.2) is 18.2 Å². The zero-order valence-electron chi connectivity index (χ0n) is 12.7. The second-order valence-electron chi connectivity index (χ2n) is 5.40. The second-order valence-corrected chi connectivity index (χ2v) is 5.40. The van der Waals surface area contributed by atoms with Crippen molar-refractivity contribution in [1.29, 1.82) is 5.26 Å². The van der Waals surface area contributed by atoms with Crippen molar-refractivity contribution in [3.63, 3.8) is 0 Å². The number of rotatable bonds is 8. The molecule has 0 fully saturated rings. The number of ether oxygens (including phenoxy) is 1. The van der Waals surface area contributed by atoms with Gasteiger partial charge in [-0.2, -0.15) is 5.26 Å². The number of benzene rings is 1. The first kappa shape index (κ1) is 17.4. The number of nitrogens with zero attached hydrogens (tertiary/aromatic N) is 1. The van der Waals surface area contributed by atoms with Crippen LogP contribution >= 0.6 is 0 Å². The molecule has 1 aromatic carbocycles. The van der Waals surface area contributed by atoms with Crippen LogP contribution in [-0.4, -0.2) is 18.2 Å². The molecule has 116 valence electrons. The Kier molecular flexibility index (Phi) is 6.57. The molecule has 0 spiro atoms. The SMILES string of the molecule is CCC(C#N)(CCCOc1cc(F)cc(F)c1)NC(C)C. The maximum atomic E-state index is 13.0. The summed E-state index contributed by atoms with van der Waals surface area (Å²) in [5.74, 6) is -1.15. The van der Waals surface area contributed by atoms with Crippen molar-refractivity contribution in [2.45, 2.75) is 51.6 Å². The van der Waals surface area contributed by atoms with Crippen LogP contribution in [0.3, 0.4) is 0 Å². The predicted octanol–water partition coefficient (Wildman–Crippen LogP) is 3.79. The highest BCUT2D eigenvalue weighted by molar-refractivity contribution is 5.23. The lowest BCUT2D eigenvalue weighted by Crippen LogP contribution is -2.47. The van der Waals surface area contributed by atoms with E-state index in [-0.39, 0.29) is 11.8 Å². The fourth-order valence-electron chi connectivity index (χ4n) is 2.25. The molecule has 0 aliphatic heterocycles. The molecular weight excluding hydrogens is 274 g/mol. The molecule has 0 aliphatic rings. The summed E-state index contributed by atoms with van der Waals surface area (Å²) in [5.41, 5.74) is -0.579. The van der Waals surface area contributed by atoms with Gasteiger partial charge in [0.1, 0.15) is 22.9 Å². The summed E-state index contributed by atoms with van der Waals surface area (Å²) in [5, 5.41) is 12.6. The highest BCUT2D eigenvalue weighted by atomic mass is 19.1. The summed E-state index contributed by atoms with van der Waals surface area (Å²) in [6.45, 7) is 6.26. The first-order chi connectivity index (χ1) is 9.90. The minimum absolute atomic E-state index is 0.170. The smallest absolute Gasteiger partial charge is 0.129 e. The highest BCUT2D eigenvalue weighted by Gasteiger charge is 2.27. The van der Waals surface area contributed by atoms with Gasteiger partial charge in [0.25, 0.3) is 0 Å². The van der Waals surface area contributed by atoms with Gasteiger partial charge in [-0.25, -0.2) is 8.78 Å². The number of halogens is 2. The van der Waals surface area contributed by atoms with E-state index < -0.39 is 17.2 Å².